The van der Waals surface area contributed by atoms with Crippen molar-refractivity contribution >= 4 is 5.69 Å². The molecule has 0 radical (unpaired) electrons. The van der Waals surface area contributed by atoms with Gasteiger partial charge in [-0.25, -0.2) is 0 Å². The topological polar surface area (TPSA) is 24.1 Å². The summed E-state index contributed by atoms with van der Waals surface area (Å²) >= 11 is 0. The van der Waals surface area contributed by atoms with E-state index in [-0.39, 0.29) is 0 Å². The fourth-order valence-corrected chi connectivity index (χ4v) is 2.78. The zero-order chi connectivity index (χ0) is 13.0. The summed E-state index contributed by atoms with van der Waals surface area (Å²) in [4.78, 5) is 0. The van der Waals surface area contributed by atoms with Gasteiger partial charge in [0, 0.05) is 12.2 Å². The van der Waals surface area contributed by atoms with Crippen molar-refractivity contribution in [2.75, 3.05) is 25.0 Å². The molecule has 18 heavy (non-hydrogen) atoms. The van der Waals surface area contributed by atoms with E-state index in [9.17, 15) is 0 Å². The lowest BCUT2D eigenvalue weighted by Crippen LogP contribution is -2.14. The summed E-state index contributed by atoms with van der Waals surface area (Å²) in [5, 5.41) is 7.10. The Bertz CT molecular complexity index is 379. The standard InChI is InChI=1S/C16H26N2/c1-12(2)15-6-4-5-13(3)16(15)18-10-8-14-7-9-17-11-14/h4-6,12,14,17-18H,7-11H2,1-3H3. The molecule has 0 amide bonds. The van der Waals surface area contributed by atoms with E-state index >= 15 is 0 Å². The van der Waals surface area contributed by atoms with Crippen LogP contribution in [0.25, 0.3) is 0 Å². The van der Waals surface area contributed by atoms with E-state index in [4.69, 9.17) is 0 Å². The predicted molar refractivity (Wildman–Crippen MR) is 79.4 cm³/mol. The van der Waals surface area contributed by atoms with Crippen LogP contribution in [0.4, 0.5) is 5.69 Å². The van der Waals surface area contributed by atoms with E-state index < -0.39 is 0 Å². The van der Waals surface area contributed by atoms with Crippen LogP contribution in [0.15, 0.2) is 18.2 Å². The van der Waals surface area contributed by atoms with Crippen molar-refractivity contribution in [1.82, 2.24) is 5.32 Å². The highest BCUT2D eigenvalue weighted by molar-refractivity contribution is 5.58. The number of rotatable bonds is 5. The summed E-state index contributed by atoms with van der Waals surface area (Å²) in [6.45, 7) is 10.2. The average Bonchev–Trinajstić information content (AvgIpc) is 2.84. The molecule has 1 aliphatic rings. The Morgan fingerprint density at radius 2 is 2.22 bits per heavy atom. The third kappa shape index (κ3) is 3.26. The molecule has 0 spiro atoms. The number of hydrogen-bond donors (Lipinski definition) is 2. The quantitative estimate of drug-likeness (QED) is 0.830. The first-order chi connectivity index (χ1) is 8.68. The monoisotopic (exact) mass is 246 g/mol. The Morgan fingerprint density at radius 3 is 2.89 bits per heavy atom. The summed E-state index contributed by atoms with van der Waals surface area (Å²) in [6.07, 6.45) is 2.62. The minimum Gasteiger partial charge on any atom is -0.385 e. The first-order valence-corrected chi connectivity index (χ1v) is 7.22. The summed E-state index contributed by atoms with van der Waals surface area (Å²) in [5.41, 5.74) is 4.17. The van der Waals surface area contributed by atoms with Gasteiger partial charge in [-0.3, -0.25) is 0 Å². The second-order valence-corrected chi connectivity index (χ2v) is 5.77. The van der Waals surface area contributed by atoms with Gasteiger partial charge in [0.15, 0.2) is 0 Å². The van der Waals surface area contributed by atoms with Crippen molar-refractivity contribution < 1.29 is 0 Å². The lowest BCUT2D eigenvalue weighted by Gasteiger charge is -2.18. The van der Waals surface area contributed by atoms with E-state index in [1.165, 1.54) is 42.7 Å². The molecule has 100 valence electrons. The smallest absolute Gasteiger partial charge is 0.0405 e. The number of hydrogen-bond acceptors (Lipinski definition) is 2. The molecule has 2 rings (SSSR count). The fraction of sp³-hybridized carbons (Fsp3) is 0.625. The molecule has 1 aromatic rings. The van der Waals surface area contributed by atoms with Gasteiger partial charge >= 0.3 is 0 Å². The Kier molecular flexibility index (Phi) is 4.65. The molecule has 1 aliphatic heterocycles. The van der Waals surface area contributed by atoms with Gasteiger partial charge in [-0.1, -0.05) is 32.0 Å². The highest BCUT2D eigenvalue weighted by Crippen LogP contribution is 2.27. The highest BCUT2D eigenvalue weighted by atomic mass is 14.9. The van der Waals surface area contributed by atoms with Gasteiger partial charge in [0.25, 0.3) is 0 Å². The molecule has 1 saturated heterocycles. The van der Waals surface area contributed by atoms with Gasteiger partial charge in [-0.2, -0.15) is 0 Å². The van der Waals surface area contributed by atoms with Crippen molar-refractivity contribution in [3.05, 3.63) is 29.3 Å². The zero-order valence-electron chi connectivity index (χ0n) is 11.9. The number of para-hydroxylation sites is 1. The Balaban J connectivity index is 1.95. The van der Waals surface area contributed by atoms with Crippen LogP contribution in [-0.2, 0) is 0 Å². The van der Waals surface area contributed by atoms with E-state index in [0.717, 1.165) is 12.5 Å². The van der Waals surface area contributed by atoms with Crippen LogP contribution in [-0.4, -0.2) is 19.6 Å². The number of nitrogens with one attached hydrogen (secondary N) is 2. The van der Waals surface area contributed by atoms with Crippen molar-refractivity contribution in [2.45, 2.75) is 39.5 Å². The average molecular weight is 246 g/mol. The summed E-state index contributed by atoms with van der Waals surface area (Å²) in [7, 11) is 0. The Hall–Kier alpha value is -1.02. The van der Waals surface area contributed by atoms with Gasteiger partial charge < -0.3 is 10.6 Å². The maximum absolute atomic E-state index is 3.66. The molecular formula is C16H26N2. The third-order valence-electron chi connectivity index (χ3n) is 3.94. The fourth-order valence-electron chi connectivity index (χ4n) is 2.78. The minimum atomic E-state index is 0.584. The van der Waals surface area contributed by atoms with Crippen LogP contribution >= 0.6 is 0 Å². The van der Waals surface area contributed by atoms with Crippen LogP contribution in [0.2, 0.25) is 0 Å². The summed E-state index contributed by atoms with van der Waals surface area (Å²) in [5.74, 6) is 1.45. The van der Waals surface area contributed by atoms with E-state index in [1.54, 1.807) is 0 Å². The molecule has 2 N–H and O–H groups in total. The second kappa shape index (κ2) is 6.24. The highest BCUT2D eigenvalue weighted by Gasteiger charge is 2.14. The van der Waals surface area contributed by atoms with Crippen molar-refractivity contribution in [3.8, 4) is 0 Å². The molecule has 1 atom stereocenters. The van der Waals surface area contributed by atoms with Gasteiger partial charge in [0.05, 0.1) is 0 Å². The van der Waals surface area contributed by atoms with Crippen LogP contribution in [0.1, 0.15) is 43.7 Å². The van der Waals surface area contributed by atoms with Crippen LogP contribution in [0, 0.1) is 12.8 Å². The lowest BCUT2D eigenvalue weighted by atomic mass is 9.97. The van der Waals surface area contributed by atoms with Gasteiger partial charge in [0.1, 0.15) is 0 Å². The van der Waals surface area contributed by atoms with Gasteiger partial charge in [-0.15, -0.1) is 0 Å². The molecule has 0 aliphatic carbocycles. The summed E-state index contributed by atoms with van der Waals surface area (Å²) in [6, 6.07) is 6.61. The van der Waals surface area contributed by atoms with Crippen LogP contribution in [0.5, 0.6) is 0 Å². The zero-order valence-corrected chi connectivity index (χ0v) is 11.9. The maximum atomic E-state index is 3.66. The summed E-state index contributed by atoms with van der Waals surface area (Å²) < 4.78 is 0. The number of aryl methyl sites for hydroxylation is 1. The molecule has 1 heterocycles. The van der Waals surface area contributed by atoms with Crippen molar-refractivity contribution in [3.63, 3.8) is 0 Å². The molecule has 1 fully saturated rings. The minimum absolute atomic E-state index is 0.584. The number of anilines is 1. The predicted octanol–water partition coefficient (Wildman–Crippen LogP) is 3.53. The van der Waals surface area contributed by atoms with E-state index in [1.807, 2.05) is 0 Å². The molecule has 2 nitrogen and oxygen atoms in total. The van der Waals surface area contributed by atoms with Gasteiger partial charge in [-0.05, 0) is 55.8 Å². The molecule has 1 aromatic carbocycles. The Labute approximate surface area is 111 Å². The molecule has 1 unspecified atom stereocenters. The van der Waals surface area contributed by atoms with Crippen LogP contribution in [0.3, 0.4) is 0 Å². The molecule has 0 bridgehead atoms. The van der Waals surface area contributed by atoms with Gasteiger partial charge in [0.2, 0.25) is 0 Å². The second-order valence-electron chi connectivity index (χ2n) is 5.77. The molecule has 2 heteroatoms. The molecule has 0 saturated carbocycles. The Morgan fingerprint density at radius 1 is 1.39 bits per heavy atom. The lowest BCUT2D eigenvalue weighted by molar-refractivity contribution is 0.549. The normalized spacial score (nSPS) is 19.4. The van der Waals surface area contributed by atoms with Crippen molar-refractivity contribution in [1.29, 1.82) is 0 Å². The van der Waals surface area contributed by atoms with Crippen LogP contribution < -0.4 is 10.6 Å². The third-order valence-corrected chi connectivity index (χ3v) is 3.94. The largest absolute Gasteiger partial charge is 0.385 e. The van der Waals surface area contributed by atoms with E-state index in [0.29, 0.717) is 5.92 Å². The first kappa shape index (κ1) is 13.4. The van der Waals surface area contributed by atoms with Crippen molar-refractivity contribution in [2.24, 2.45) is 5.92 Å². The SMILES string of the molecule is Cc1cccc(C(C)C)c1NCCC1CCNC1. The van der Waals surface area contributed by atoms with E-state index in [2.05, 4.69) is 49.6 Å². The first-order valence-electron chi connectivity index (χ1n) is 7.22. The molecular weight excluding hydrogens is 220 g/mol. The maximum Gasteiger partial charge on any atom is 0.0405 e. The molecule has 0 aromatic heterocycles. The number of benzene rings is 1.